The van der Waals surface area contributed by atoms with Crippen LogP contribution in [0.5, 0.6) is 0 Å². The lowest BCUT2D eigenvalue weighted by atomic mass is 9.54. The van der Waals surface area contributed by atoms with Crippen molar-refractivity contribution in [3.63, 3.8) is 0 Å². The topological polar surface area (TPSA) is 60.2 Å². The zero-order valence-electron chi connectivity index (χ0n) is 11.4. The van der Waals surface area contributed by atoms with Gasteiger partial charge in [0.1, 0.15) is 0 Å². The fourth-order valence-electron chi connectivity index (χ4n) is 2.55. The van der Waals surface area contributed by atoms with E-state index >= 15 is 0 Å². The zero-order chi connectivity index (χ0) is 13.2. The van der Waals surface area contributed by atoms with Crippen molar-refractivity contribution in [3.05, 3.63) is 16.6 Å². The first-order chi connectivity index (χ1) is 8.49. The Hall–Kier alpha value is -0.490. The minimum absolute atomic E-state index is 0.0315. The Morgan fingerprint density at radius 2 is 2.39 bits per heavy atom. The minimum Gasteiger partial charge on any atom is -0.378 e. The van der Waals surface area contributed by atoms with E-state index in [2.05, 4.69) is 24.1 Å². The molecular formula is C13H23N3OS. The molecule has 0 saturated heterocycles. The fourth-order valence-corrected chi connectivity index (χ4v) is 3.11. The van der Waals surface area contributed by atoms with Crippen LogP contribution in [0.15, 0.2) is 11.7 Å². The van der Waals surface area contributed by atoms with Gasteiger partial charge in [-0.2, -0.15) is 0 Å². The summed E-state index contributed by atoms with van der Waals surface area (Å²) in [5.74, 6) is 0. The zero-order valence-corrected chi connectivity index (χ0v) is 12.2. The second kappa shape index (κ2) is 5.25. The number of rotatable bonds is 6. The molecule has 2 unspecified atom stereocenters. The molecule has 102 valence electrons. The van der Waals surface area contributed by atoms with Gasteiger partial charge in [-0.15, -0.1) is 11.3 Å². The number of nitrogens with one attached hydrogen (secondary N) is 1. The molecule has 18 heavy (non-hydrogen) atoms. The van der Waals surface area contributed by atoms with Gasteiger partial charge >= 0.3 is 0 Å². The van der Waals surface area contributed by atoms with E-state index < -0.39 is 0 Å². The van der Waals surface area contributed by atoms with Crippen LogP contribution in [0.4, 0.5) is 0 Å². The Balaban J connectivity index is 1.82. The van der Waals surface area contributed by atoms with E-state index in [1.807, 2.05) is 18.6 Å². The summed E-state index contributed by atoms with van der Waals surface area (Å²) in [6.45, 7) is 8.87. The Morgan fingerprint density at radius 3 is 2.94 bits per heavy atom. The number of aromatic nitrogens is 1. The maximum atomic E-state index is 6.49. The van der Waals surface area contributed by atoms with E-state index in [0.717, 1.165) is 26.1 Å². The predicted molar refractivity (Wildman–Crippen MR) is 74.6 cm³/mol. The lowest BCUT2D eigenvalue weighted by Crippen LogP contribution is -2.73. The number of thiazole rings is 1. The van der Waals surface area contributed by atoms with E-state index in [-0.39, 0.29) is 17.1 Å². The fraction of sp³-hybridized carbons (Fsp3) is 0.769. The smallest absolute Gasteiger partial charge is 0.0794 e. The van der Waals surface area contributed by atoms with Gasteiger partial charge in [-0.05, 0) is 13.3 Å². The summed E-state index contributed by atoms with van der Waals surface area (Å²) < 4.78 is 5.73. The summed E-state index contributed by atoms with van der Waals surface area (Å²) in [5, 5.41) is 3.44. The third-order valence-electron chi connectivity index (χ3n) is 4.23. The maximum absolute atomic E-state index is 6.49. The summed E-state index contributed by atoms with van der Waals surface area (Å²) in [6.07, 6.45) is 3.12. The number of hydrogen-bond donors (Lipinski definition) is 2. The quantitative estimate of drug-likeness (QED) is 0.826. The lowest BCUT2D eigenvalue weighted by molar-refractivity contribution is -0.148. The van der Waals surface area contributed by atoms with Crippen molar-refractivity contribution in [2.75, 3.05) is 13.2 Å². The molecule has 0 aromatic carbocycles. The van der Waals surface area contributed by atoms with E-state index in [4.69, 9.17) is 10.5 Å². The molecule has 1 aliphatic rings. The highest BCUT2D eigenvalue weighted by Gasteiger charge is 2.58. The Bertz CT molecular complexity index is 380. The van der Waals surface area contributed by atoms with E-state index in [1.54, 1.807) is 11.3 Å². The summed E-state index contributed by atoms with van der Waals surface area (Å²) >= 11 is 1.67. The van der Waals surface area contributed by atoms with Gasteiger partial charge in [-0.3, -0.25) is 4.98 Å². The molecule has 0 bridgehead atoms. The number of nitrogens with two attached hydrogens (primary N) is 1. The summed E-state index contributed by atoms with van der Waals surface area (Å²) in [6, 6.07) is 0. The van der Waals surface area contributed by atoms with Crippen LogP contribution in [0.1, 0.15) is 32.1 Å². The van der Waals surface area contributed by atoms with Gasteiger partial charge in [-0.25, -0.2) is 0 Å². The highest BCUT2D eigenvalue weighted by atomic mass is 32.1. The number of hydrogen-bond acceptors (Lipinski definition) is 5. The molecule has 0 aliphatic heterocycles. The van der Waals surface area contributed by atoms with Crippen LogP contribution in [-0.2, 0) is 11.3 Å². The third-order valence-corrected chi connectivity index (χ3v) is 5.01. The Labute approximate surface area is 113 Å². The minimum atomic E-state index is -0.169. The molecular weight excluding hydrogens is 246 g/mol. The van der Waals surface area contributed by atoms with Crippen molar-refractivity contribution in [1.29, 1.82) is 0 Å². The van der Waals surface area contributed by atoms with Crippen LogP contribution in [0.2, 0.25) is 0 Å². The summed E-state index contributed by atoms with van der Waals surface area (Å²) in [5.41, 5.74) is 8.20. The van der Waals surface area contributed by atoms with E-state index in [1.165, 1.54) is 4.88 Å². The second-order valence-electron chi connectivity index (χ2n) is 5.60. The number of nitrogens with zero attached hydrogens (tertiary/aromatic N) is 1. The molecule has 1 heterocycles. The molecule has 0 spiro atoms. The Morgan fingerprint density at radius 1 is 1.61 bits per heavy atom. The first-order valence-electron chi connectivity index (χ1n) is 6.48. The van der Waals surface area contributed by atoms with Crippen molar-refractivity contribution < 1.29 is 4.74 Å². The molecule has 0 amide bonds. The molecule has 2 rings (SSSR count). The molecule has 1 aliphatic carbocycles. The van der Waals surface area contributed by atoms with Gasteiger partial charge in [0.15, 0.2) is 0 Å². The van der Waals surface area contributed by atoms with Crippen LogP contribution in [0.25, 0.3) is 0 Å². The van der Waals surface area contributed by atoms with Gasteiger partial charge in [0.25, 0.3) is 0 Å². The molecule has 1 saturated carbocycles. The Kier molecular flexibility index (Phi) is 4.06. The first kappa shape index (κ1) is 13.9. The second-order valence-corrected chi connectivity index (χ2v) is 6.57. The first-order valence-corrected chi connectivity index (χ1v) is 7.36. The standard InChI is InChI=1S/C13H23N3OS/c1-4-17-11-5-13(14,12(11,2)3)8-15-6-10-7-16-9-18-10/h7,9,11,15H,4-6,8,14H2,1-3H3. The van der Waals surface area contributed by atoms with Crippen molar-refractivity contribution in [2.45, 2.75) is 45.4 Å². The highest BCUT2D eigenvalue weighted by Crippen LogP contribution is 2.49. The molecule has 1 fully saturated rings. The molecule has 4 nitrogen and oxygen atoms in total. The molecule has 3 N–H and O–H groups in total. The highest BCUT2D eigenvalue weighted by molar-refractivity contribution is 7.09. The largest absolute Gasteiger partial charge is 0.378 e. The molecule has 1 aromatic rings. The molecule has 5 heteroatoms. The van der Waals surface area contributed by atoms with Crippen LogP contribution in [0.3, 0.4) is 0 Å². The monoisotopic (exact) mass is 269 g/mol. The molecule has 1 aromatic heterocycles. The lowest BCUT2D eigenvalue weighted by Gasteiger charge is -2.59. The van der Waals surface area contributed by atoms with Gasteiger partial charge in [0, 0.05) is 41.7 Å². The van der Waals surface area contributed by atoms with Crippen LogP contribution in [-0.4, -0.2) is 29.8 Å². The average Bonchev–Trinajstić information content (AvgIpc) is 2.82. The van der Waals surface area contributed by atoms with Crippen molar-refractivity contribution >= 4 is 11.3 Å². The third kappa shape index (κ3) is 2.45. The maximum Gasteiger partial charge on any atom is 0.0794 e. The van der Waals surface area contributed by atoms with Crippen molar-refractivity contribution in [1.82, 2.24) is 10.3 Å². The SMILES string of the molecule is CCOC1CC(N)(CNCc2cncs2)C1(C)C. The van der Waals surface area contributed by atoms with Crippen LogP contribution >= 0.6 is 11.3 Å². The molecule has 2 atom stereocenters. The van der Waals surface area contributed by atoms with Crippen LogP contribution in [0, 0.1) is 5.41 Å². The van der Waals surface area contributed by atoms with Crippen molar-refractivity contribution in [2.24, 2.45) is 11.1 Å². The van der Waals surface area contributed by atoms with Gasteiger partial charge in [0.2, 0.25) is 0 Å². The molecule has 0 radical (unpaired) electrons. The summed E-state index contributed by atoms with van der Waals surface area (Å²) in [4.78, 5) is 5.31. The van der Waals surface area contributed by atoms with Crippen molar-refractivity contribution in [3.8, 4) is 0 Å². The van der Waals surface area contributed by atoms with Gasteiger partial charge in [0.05, 0.1) is 11.6 Å². The predicted octanol–water partition coefficient (Wildman–Crippen LogP) is 1.77. The van der Waals surface area contributed by atoms with Gasteiger partial charge in [-0.1, -0.05) is 13.8 Å². The number of ether oxygens (including phenoxy) is 1. The average molecular weight is 269 g/mol. The van der Waals surface area contributed by atoms with Crippen LogP contribution < -0.4 is 11.1 Å². The van der Waals surface area contributed by atoms with E-state index in [0.29, 0.717) is 0 Å². The van der Waals surface area contributed by atoms with Gasteiger partial charge < -0.3 is 15.8 Å². The normalized spacial score (nSPS) is 30.1. The summed E-state index contributed by atoms with van der Waals surface area (Å²) in [7, 11) is 0. The van der Waals surface area contributed by atoms with E-state index in [9.17, 15) is 0 Å².